The molecule has 15 nitrogen and oxygen atoms in total. The fraction of sp³-hybridized carbons (Fsp3) is 0.404. The summed E-state index contributed by atoms with van der Waals surface area (Å²) in [6.45, 7) is 6.72. The lowest BCUT2D eigenvalue weighted by atomic mass is 9.82. The lowest BCUT2D eigenvalue weighted by Crippen LogP contribution is -2.56. The number of rotatable bonds is 14. The summed E-state index contributed by atoms with van der Waals surface area (Å²) in [5, 5.41) is 9.32. The maximum Gasteiger partial charge on any atom is 0.413 e. The van der Waals surface area contributed by atoms with Gasteiger partial charge in [0.2, 0.25) is 11.8 Å². The highest BCUT2D eigenvalue weighted by atomic mass is 19.1. The number of methoxy groups -OCH3 is 3. The second-order valence-electron chi connectivity index (χ2n) is 16.9. The van der Waals surface area contributed by atoms with E-state index in [1.807, 2.05) is 62.4 Å². The number of aromatic nitrogens is 3. The van der Waals surface area contributed by atoms with E-state index < -0.39 is 23.4 Å². The Bertz CT molecular complexity index is 2550. The van der Waals surface area contributed by atoms with E-state index in [4.69, 9.17) is 28.8 Å². The quantitative estimate of drug-likeness (QED) is 0.116. The third-order valence-corrected chi connectivity index (χ3v) is 11.9. The molecule has 2 N–H and O–H groups in total. The van der Waals surface area contributed by atoms with Gasteiger partial charge in [-0.15, -0.1) is 0 Å². The molecule has 63 heavy (non-hydrogen) atoms. The van der Waals surface area contributed by atoms with Gasteiger partial charge in [-0.2, -0.15) is 5.10 Å². The number of nitrogens with one attached hydrogen (secondary N) is 2. The number of nitrogens with zero attached hydrogens (tertiary/aromatic N) is 5. The normalized spacial score (nSPS) is 16.9. The van der Waals surface area contributed by atoms with Crippen LogP contribution in [0.15, 0.2) is 72.1 Å². The molecular formula is C47H52FN7O8. The number of ether oxygens (including phenoxy) is 5. The first-order valence-corrected chi connectivity index (χ1v) is 21.2. The number of halogens is 1. The molecule has 2 fully saturated rings. The second-order valence-corrected chi connectivity index (χ2v) is 16.9. The molecule has 1 atom stereocenters. The lowest BCUT2D eigenvalue weighted by Gasteiger charge is -2.42. The van der Waals surface area contributed by atoms with Gasteiger partial charge in [0, 0.05) is 43.1 Å². The Kier molecular flexibility index (Phi) is 12.2. The van der Waals surface area contributed by atoms with Gasteiger partial charge in [-0.05, 0) is 68.4 Å². The monoisotopic (exact) mass is 861 g/mol. The van der Waals surface area contributed by atoms with E-state index >= 15 is 4.39 Å². The van der Waals surface area contributed by atoms with Gasteiger partial charge < -0.3 is 38.9 Å². The number of benzene rings is 3. The average Bonchev–Trinajstić information content (AvgIpc) is 4.07. The number of carbonyl (C=O) groups is 3. The first-order valence-electron chi connectivity index (χ1n) is 21.2. The van der Waals surface area contributed by atoms with Crippen molar-refractivity contribution in [1.82, 2.24) is 30.2 Å². The molecule has 330 valence electrons. The number of amides is 3. The number of aromatic amines is 1. The van der Waals surface area contributed by atoms with E-state index in [0.717, 1.165) is 29.7 Å². The highest BCUT2D eigenvalue weighted by Gasteiger charge is 2.42. The van der Waals surface area contributed by atoms with Crippen LogP contribution in [-0.4, -0.2) is 102 Å². The molecule has 1 saturated carbocycles. The molecule has 1 saturated heterocycles. The van der Waals surface area contributed by atoms with Gasteiger partial charge >= 0.3 is 6.09 Å². The molecule has 3 amide bonds. The van der Waals surface area contributed by atoms with Gasteiger partial charge in [0.15, 0.2) is 28.8 Å². The summed E-state index contributed by atoms with van der Waals surface area (Å²) in [7, 11) is 4.55. The first kappa shape index (κ1) is 43.0. The summed E-state index contributed by atoms with van der Waals surface area (Å²) in [5.74, 6) is 1.23. The fourth-order valence-electron chi connectivity index (χ4n) is 8.22. The highest BCUT2D eigenvalue weighted by Crippen LogP contribution is 2.41. The number of aryl methyl sites for hydroxylation is 1. The molecule has 16 heteroatoms. The Balaban J connectivity index is 0.996. The SMILES string of the molecule is COc1cc(OCC2CC2)c(-c2ncnc3c(OC(=O)N[C@H](Cc4ccccc4)C(=O)N4CCC(N5N=C(c6ccc(OC)c(OC)c6)CC(C)(C)C5=O)CC4)c(C)[nH]c23)cc1F. The smallest absolute Gasteiger partial charge is 0.413 e. The minimum Gasteiger partial charge on any atom is -0.494 e. The molecule has 0 bridgehead atoms. The van der Waals surface area contributed by atoms with Crippen LogP contribution in [-0.2, 0) is 16.0 Å². The van der Waals surface area contributed by atoms with Crippen molar-refractivity contribution in [3.63, 3.8) is 0 Å². The number of piperidine rings is 1. The van der Waals surface area contributed by atoms with Gasteiger partial charge in [-0.3, -0.25) is 9.59 Å². The van der Waals surface area contributed by atoms with Crippen LogP contribution in [0.5, 0.6) is 28.7 Å². The Morgan fingerprint density at radius 3 is 2.35 bits per heavy atom. The minimum atomic E-state index is -0.981. The number of likely N-dealkylation sites (tertiary alicyclic amines) is 1. The standard InChI is InChI=1S/C47H52FN7O8/c1-27-43(42-41(51-27)40(49-26-50-42)32-22-33(48)38(60-5)23-37(32)62-25-29-12-13-29)63-46(58)52-34(20-28-10-8-7-9-11-28)44(56)54-18-16-31(17-19-54)55-45(57)47(2,3)24-35(53-55)30-14-15-36(59-4)39(21-30)61-6/h7-11,14-15,21-23,26,29,31,34,51H,12-13,16-20,24-25H2,1-6H3,(H,52,58)/t34-/m1/s1. The maximum atomic E-state index is 15.2. The molecule has 5 aromatic rings. The molecule has 1 aliphatic carbocycles. The lowest BCUT2D eigenvalue weighted by molar-refractivity contribution is -0.145. The molecule has 8 rings (SSSR count). The zero-order valence-corrected chi connectivity index (χ0v) is 36.3. The van der Waals surface area contributed by atoms with Crippen molar-refractivity contribution in [2.24, 2.45) is 16.4 Å². The van der Waals surface area contributed by atoms with Crippen LogP contribution in [0.2, 0.25) is 0 Å². The van der Waals surface area contributed by atoms with Crippen molar-refractivity contribution in [3.8, 4) is 40.0 Å². The molecule has 4 heterocycles. The molecule has 0 spiro atoms. The number of hydrogen-bond donors (Lipinski definition) is 2. The summed E-state index contributed by atoms with van der Waals surface area (Å²) in [4.78, 5) is 55.9. The van der Waals surface area contributed by atoms with E-state index in [0.29, 0.717) is 84.6 Å². The summed E-state index contributed by atoms with van der Waals surface area (Å²) >= 11 is 0. The highest BCUT2D eigenvalue weighted by molar-refractivity contribution is 6.06. The Hall–Kier alpha value is -6.71. The summed E-state index contributed by atoms with van der Waals surface area (Å²) in [6, 6.07) is 16.6. The maximum absolute atomic E-state index is 15.2. The summed E-state index contributed by atoms with van der Waals surface area (Å²) < 4.78 is 43.4. The second kappa shape index (κ2) is 17.9. The molecule has 2 aromatic heterocycles. The van der Waals surface area contributed by atoms with Crippen LogP contribution < -0.4 is 29.0 Å². The van der Waals surface area contributed by atoms with Gasteiger partial charge in [-0.1, -0.05) is 44.2 Å². The van der Waals surface area contributed by atoms with Crippen LogP contribution in [0.4, 0.5) is 9.18 Å². The van der Waals surface area contributed by atoms with E-state index in [-0.39, 0.29) is 41.3 Å². The van der Waals surface area contributed by atoms with Crippen LogP contribution in [0.25, 0.3) is 22.3 Å². The van der Waals surface area contributed by atoms with Crippen molar-refractivity contribution in [2.45, 2.75) is 71.4 Å². The van der Waals surface area contributed by atoms with E-state index in [9.17, 15) is 14.4 Å². The van der Waals surface area contributed by atoms with Crippen molar-refractivity contribution < 1.29 is 42.5 Å². The Morgan fingerprint density at radius 2 is 1.65 bits per heavy atom. The number of fused-ring (bicyclic) bond motifs is 1. The van der Waals surface area contributed by atoms with Gasteiger partial charge in [0.1, 0.15) is 29.3 Å². The molecule has 3 aromatic carbocycles. The van der Waals surface area contributed by atoms with Crippen LogP contribution in [0.3, 0.4) is 0 Å². The number of H-pyrrole nitrogens is 1. The van der Waals surface area contributed by atoms with E-state index in [2.05, 4.69) is 20.3 Å². The van der Waals surface area contributed by atoms with Crippen molar-refractivity contribution in [3.05, 3.63) is 89.6 Å². The third kappa shape index (κ3) is 9.11. The predicted molar refractivity (Wildman–Crippen MR) is 233 cm³/mol. The average molecular weight is 862 g/mol. The minimum absolute atomic E-state index is 0.0403. The van der Waals surface area contributed by atoms with Crippen LogP contribution in [0, 0.1) is 24.1 Å². The zero-order valence-electron chi connectivity index (χ0n) is 36.3. The molecule has 3 aliphatic rings. The molecule has 2 aliphatic heterocycles. The summed E-state index contributed by atoms with van der Waals surface area (Å²) in [5.41, 5.74) is 3.63. The Labute approximate surface area is 364 Å². The topological polar surface area (TPSA) is 170 Å². The molecule has 0 radical (unpaired) electrons. The van der Waals surface area contributed by atoms with Crippen LogP contribution in [0.1, 0.15) is 62.8 Å². The Morgan fingerprint density at radius 1 is 0.921 bits per heavy atom. The van der Waals surface area contributed by atoms with Crippen molar-refractivity contribution in [1.29, 1.82) is 0 Å². The number of hydrogen-bond acceptors (Lipinski definition) is 11. The molecule has 0 unspecified atom stereocenters. The van der Waals surface area contributed by atoms with Crippen LogP contribution >= 0.6 is 0 Å². The fourth-order valence-corrected chi connectivity index (χ4v) is 8.22. The van der Waals surface area contributed by atoms with Gasteiger partial charge in [-0.25, -0.2) is 24.2 Å². The number of hydrazone groups is 1. The van der Waals surface area contributed by atoms with Gasteiger partial charge in [0.05, 0.1) is 56.3 Å². The predicted octanol–water partition coefficient (Wildman–Crippen LogP) is 7.24. The van der Waals surface area contributed by atoms with Gasteiger partial charge in [0.25, 0.3) is 0 Å². The third-order valence-electron chi connectivity index (χ3n) is 11.9. The molecular weight excluding hydrogens is 810 g/mol. The van der Waals surface area contributed by atoms with E-state index in [1.165, 1.54) is 25.6 Å². The van der Waals surface area contributed by atoms with Crippen molar-refractivity contribution in [2.75, 3.05) is 41.0 Å². The summed E-state index contributed by atoms with van der Waals surface area (Å²) in [6.07, 6.45) is 4.22. The van der Waals surface area contributed by atoms with E-state index in [1.54, 1.807) is 31.1 Å². The first-order chi connectivity index (χ1) is 30.4. The zero-order chi connectivity index (χ0) is 44.4. The van der Waals surface area contributed by atoms with Crippen molar-refractivity contribution >= 4 is 34.7 Å². The number of carbonyl (C=O) groups excluding carboxylic acids is 3. The largest absolute Gasteiger partial charge is 0.494 e.